The average Bonchev–Trinajstić information content (AvgIpc) is 3.93. The maximum Gasteiger partial charge on any atom is 0.0178 e. The molecule has 0 N–H and O–H groups in total. The second kappa shape index (κ2) is 16.0. The third-order valence-electron chi connectivity index (χ3n) is 13.2. The number of halogens is 2. The molecular weight excluding hydrogens is 856 g/mol. The molecular formula is C58H50Br2. The highest BCUT2D eigenvalue weighted by molar-refractivity contribution is 9.10. The van der Waals surface area contributed by atoms with Gasteiger partial charge in [0.25, 0.3) is 0 Å². The first kappa shape index (κ1) is 40.1. The lowest BCUT2D eigenvalue weighted by molar-refractivity contribution is 0.655. The molecule has 0 bridgehead atoms. The van der Waals surface area contributed by atoms with Crippen molar-refractivity contribution in [1.82, 2.24) is 0 Å². The maximum atomic E-state index is 3.57. The van der Waals surface area contributed by atoms with Crippen LogP contribution in [0.4, 0.5) is 0 Å². The second-order valence-corrected chi connectivity index (χ2v) is 19.4. The fourth-order valence-electron chi connectivity index (χ4n) is 10.3. The summed E-state index contributed by atoms with van der Waals surface area (Å²) >= 11 is 7.13. The summed E-state index contributed by atoms with van der Waals surface area (Å²) in [7, 11) is 0. The van der Waals surface area contributed by atoms with Crippen molar-refractivity contribution >= 4 is 31.9 Å². The Labute approximate surface area is 373 Å². The molecule has 0 radical (unpaired) electrons. The van der Waals surface area contributed by atoms with Crippen LogP contribution >= 0.6 is 31.9 Å². The van der Waals surface area contributed by atoms with Gasteiger partial charge < -0.3 is 0 Å². The van der Waals surface area contributed by atoms with Crippen LogP contribution in [0.25, 0.3) is 44.5 Å². The van der Waals surface area contributed by atoms with Crippen molar-refractivity contribution in [3.05, 3.63) is 235 Å². The van der Waals surface area contributed by atoms with Gasteiger partial charge in [-0.15, -0.1) is 0 Å². The molecule has 4 aliphatic carbocycles. The summed E-state index contributed by atoms with van der Waals surface area (Å²) in [6, 6.07) is 63.2. The molecule has 2 heteroatoms. The van der Waals surface area contributed by atoms with Gasteiger partial charge in [-0.1, -0.05) is 218 Å². The van der Waals surface area contributed by atoms with Crippen LogP contribution in [0.3, 0.4) is 0 Å². The number of hydrogen-bond donors (Lipinski definition) is 0. The topological polar surface area (TPSA) is 0 Å². The molecule has 0 nitrogen and oxygen atoms in total. The highest BCUT2D eigenvalue weighted by Gasteiger charge is 2.37. The summed E-state index contributed by atoms with van der Waals surface area (Å²) in [6.07, 6.45) is 1.10. The number of aryl methyl sites for hydroxylation is 1. The van der Waals surface area contributed by atoms with E-state index in [2.05, 4.69) is 249 Å². The Morgan fingerprint density at radius 3 is 1.35 bits per heavy atom. The Hall–Kier alpha value is -5.28. The van der Waals surface area contributed by atoms with E-state index in [1.165, 1.54) is 94.6 Å². The van der Waals surface area contributed by atoms with E-state index in [9.17, 15) is 0 Å². The summed E-state index contributed by atoms with van der Waals surface area (Å²) in [5.41, 5.74) is 24.5. The molecule has 0 saturated heterocycles. The van der Waals surface area contributed by atoms with Crippen molar-refractivity contribution in [3.63, 3.8) is 0 Å². The monoisotopic (exact) mass is 904 g/mol. The minimum absolute atomic E-state index is 0.0816. The maximum absolute atomic E-state index is 3.57. The molecule has 0 heterocycles. The van der Waals surface area contributed by atoms with E-state index >= 15 is 0 Å². The van der Waals surface area contributed by atoms with Gasteiger partial charge >= 0.3 is 0 Å². The van der Waals surface area contributed by atoms with Crippen LogP contribution in [0, 0.1) is 6.92 Å². The summed E-state index contributed by atoms with van der Waals surface area (Å²) in [5.74, 6) is 0.558. The van der Waals surface area contributed by atoms with Crippen LogP contribution in [0.15, 0.2) is 185 Å². The van der Waals surface area contributed by atoms with Crippen molar-refractivity contribution in [2.45, 2.75) is 64.7 Å². The van der Waals surface area contributed by atoms with E-state index in [4.69, 9.17) is 0 Å². The molecule has 0 fully saturated rings. The lowest BCUT2D eigenvalue weighted by Crippen LogP contribution is -2.16. The van der Waals surface area contributed by atoms with Crippen LogP contribution in [0.5, 0.6) is 0 Å². The number of fused-ring (bicyclic) bond motifs is 12. The van der Waals surface area contributed by atoms with Crippen LogP contribution < -0.4 is 0 Å². The van der Waals surface area contributed by atoms with Crippen LogP contribution in [-0.4, -0.2) is 0 Å². The normalized spacial score (nSPS) is 14.5. The minimum atomic E-state index is 0.0816. The Morgan fingerprint density at radius 2 is 0.817 bits per heavy atom. The molecule has 0 unspecified atom stereocenters. The molecule has 296 valence electrons. The van der Waals surface area contributed by atoms with Gasteiger partial charge in [0.1, 0.15) is 0 Å². The third-order valence-corrected chi connectivity index (χ3v) is 14.2. The van der Waals surface area contributed by atoms with Crippen LogP contribution in [0.2, 0.25) is 0 Å². The van der Waals surface area contributed by atoms with Crippen LogP contribution in [-0.2, 0) is 17.3 Å². The van der Waals surface area contributed by atoms with E-state index in [0.717, 1.165) is 15.4 Å². The molecule has 0 atom stereocenters. The zero-order chi connectivity index (χ0) is 41.8. The van der Waals surface area contributed by atoms with E-state index in [0.29, 0.717) is 5.92 Å². The zero-order valence-corrected chi connectivity index (χ0v) is 38.5. The Balaban J connectivity index is 0.000000103. The van der Waals surface area contributed by atoms with E-state index in [1.54, 1.807) is 0 Å². The zero-order valence-electron chi connectivity index (χ0n) is 35.3. The molecule has 0 aliphatic heterocycles. The molecule has 60 heavy (non-hydrogen) atoms. The van der Waals surface area contributed by atoms with Gasteiger partial charge in [0.15, 0.2) is 0 Å². The molecule has 8 aromatic rings. The first-order chi connectivity index (χ1) is 28.9. The molecule has 8 aromatic carbocycles. The van der Waals surface area contributed by atoms with Gasteiger partial charge in [-0.05, 0) is 132 Å². The van der Waals surface area contributed by atoms with E-state index < -0.39 is 0 Å². The molecule has 0 saturated carbocycles. The quantitative estimate of drug-likeness (QED) is 0.142. The predicted molar refractivity (Wildman–Crippen MR) is 262 cm³/mol. The summed E-state index contributed by atoms with van der Waals surface area (Å²) in [6.45, 7) is 13.7. The summed E-state index contributed by atoms with van der Waals surface area (Å²) in [4.78, 5) is 0. The van der Waals surface area contributed by atoms with Crippen molar-refractivity contribution < 1.29 is 0 Å². The Morgan fingerprint density at radius 1 is 0.400 bits per heavy atom. The Bertz CT molecular complexity index is 2770. The first-order valence-corrected chi connectivity index (χ1v) is 22.7. The number of benzene rings is 8. The molecule has 0 spiro atoms. The Kier molecular flexibility index (Phi) is 10.7. The summed E-state index contributed by atoms with van der Waals surface area (Å²) < 4.78 is 2.30. The largest absolute Gasteiger partial charge is 0.0619 e. The highest BCUT2D eigenvalue weighted by atomic mass is 79.9. The van der Waals surface area contributed by atoms with Gasteiger partial charge in [0, 0.05) is 25.7 Å². The van der Waals surface area contributed by atoms with E-state index in [1.807, 2.05) is 0 Å². The second-order valence-electron chi connectivity index (χ2n) is 17.6. The first-order valence-electron chi connectivity index (χ1n) is 21.1. The SMILES string of the molecule is CC1(C)c2cc(Br)ccc2-c2ccc(Br)cc21.CC1c2ccccc2-c2ccccc21.Cc1cccc2c1C(C)(C)c1ccccc1-2.c1ccc2c(c1)Cc1ccccc1-2. The predicted octanol–water partition coefficient (Wildman–Crippen LogP) is 16.9. The van der Waals surface area contributed by atoms with Crippen molar-refractivity contribution in [1.29, 1.82) is 0 Å². The number of rotatable bonds is 0. The number of hydrogen-bond acceptors (Lipinski definition) is 0. The average molecular weight is 907 g/mol. The minimum Gasteiger partial charge on any atom is -0.0619 e. The van der Waals surface area contributed by atoms with Crippen molar-refractivity contribution in [2.24, 2.45) is 0 Å². The van der Waals surface area contributed by atoms with Gasteiger partial charge in [-0.3, -0.25) is 0 Å². The van der Waals surface area contributed by atoms with Gasteiger partial charge in [0.2, 0.25) is 0 Å². The fourth-order valence-corrected chi connectivity index (χ4v) is 11.0. The summed E-state index contributed by atoms with van der Waals surface area (Å²) in [5, 5.41) is 0. The standard InChI is InChI=1S/C16H16.C15H12Br2.C14H12.C13H10/c1-11-7-6-9-13-12-8-4-5-10-14(12)16(2,3)15(11)13;1-15(2)13-7-9(16)3-5-11(13)12-6-4-10(17)8-14(12)15;1-10-11-6-2-4-8-13(11)14-9-5-3-7-12(10)14;1-3-7-12-10(5-1)9-11-6-2-4-8-13(11)12/h4-10H,1-3H3;3-8H,1-2H3;2-10H,1H3;1-8H,9H2. The molecule has 4 aliphatic rings. The van der Waals surface area contributed by atoms with E-state index in [-0.39, 0.29) is 10.8 Å². The van der Waals surface area contributed by atoms with Gasteiger partial charge in [0.05, 0.1) is 0 Å². The van der Waals surface area contributed by atoms with Gasteiger partial charge in [-0.2, -0.15) is 0 Å². The van der Waals surface area contributed by atoms with Crippen LogP contribution in [0.1, 0.15) is 90.6 Å². The third kappa shape index (κ3) is 7.02. The molecule has 0 aromatic heterocycles. The lowest BCUT2D eigenvalue weighted by atomic mass is 9.80. The fraction of sp³-hybridized carbons (Fsp3) is 0.172. The molecule has 12 rings (SSSR count). The van der Waals surface area contributed by atoms with Crippen molar-refractivity contribution in [3.8, 4) is 44.5 Å². The van der Waals surface area contributed by atoms with Crippen molar-refractivity contribution in [2.75, 3.05) is 0 Å². The highest BCUT2D eigenvalue weighted by Crippen LogP contribution is 2.51. The van der Waals surface area contributed by atoms with Gasteiger partial charge in [-0.25, -0.2) is 0 Å². The molecule has 0 amide bonds. The lowest BCUT2D eigenvalue weighted by Gasteiger charge is -2.23. The smallest absolute Gasteiger partial charge is 0.0178 e.